The van der Waals surface area contributed by atoms with Crippen molar-refractivity contribution in [2.45, 2.75) is 13.0 Å². The van der Waals surface area contributed by atoms with E-state index in [0.717, 1.165) is 6.54 Å². The Hall–Kier alpha value is -1.94. The van der Waals surface area contributed by atoms with Crippen LogP contribution in [0.4, 0.5) is 4.39 Å². The molecule has 2 aromatic carbocycles. The van der Waals surface area contributed by atoms with Gasteiger partial charge in [-0.15, -0.1) is 0 Å². The number of rotatable bonds is 1. The Morgan fingerprint density at radius 2 is 2.00 bits per heavy atom. The number of fused-ring (bicyclic) bond motifs is 1. The summed E-state index contributed by atoms with van der Waals surface area (Å²) >= 11 is 0. The fourth-order valence-electron chi connectivity index (χ4n) is 2.74. The lowest BCUT2D eigenvalue weighted by Gasteiger charge is -2.32. The van der Waals surface area contributed by atoms with Crippen LogP contribution in [-0.2, 0) is 0 Å². The van der Waals surface area contributed by atoms with Crippen molar-refractivity contribution in [2.24, 2.45) is 0 Å². The third kappa shape index (κ3) is 2.27. The van der Waals surface area contributed by atoms with Gasteiger partial charge >= 0.3 is 0 Å². The first-order valence-corrected chi connectivity index (χ1v) is 6.87. The number of carbonyl (C=O) groups is 1. The number of nitrogens with one attached hydrogen (secondary N) is 1. The molecule has 1 N–H and O–H groups in total. The lowest BCUT2D eigenvalue weighted by molar-refractivity contribution is 0.0711. The molecule has 20 heavy (non-hydrogen) atoms. The van der Waals surface area contributed by atoms with Crippen LogP contribution in [0, 0.1) is 5.82 Å². The van der Waals surface area contributed by atoms with Gasteiger partial charge in [0.1, 0.15) is 5.82 Å². The van der Waals surface area contributed by atoms with Crippen molar-refractivity contribution in [3.8, 4) is 0 Å². The van der Waals surface area contributed by atoms with E-state index in [0.29, 0.717) is 35.5 Å². The molecule has 1 saturated heterocycles. The van der Waals surface area contributed by atoms with E-state index in [1.165, 1.54) is 6.07 Å². The van der Waals surface area contributed by atoms with Crippen molar-refractivity contribution < 1.29 is 9.18 Å². The van der Waals surface area contributed by atoms with Crippen LogP contribution in [0.25, 0.3) is 10.8 Å². The first-order chi connectivity index (χ1) is 9.66. The summed E-state index contributed by atoms with van der Waals surface area (Å²) in [6, 6.07) is 10.4. The van der Waals surface area contributed by atoms with Gasteiger partial charge in [-0.2, -0.15) is 0 Å². The monoisotopic (exact) mass is 272 g/mol. The van der Waals surface area contributed by atoms with Gasteiger partial charge in [0.25, 0.3) is 5.91 Å². The van der Waals surface area contributed by atoms with Gasteiger partial charge < -0.3 is 10.2 Å². The number of halogens is 1. The van der Waals surface area contributed by atoms with Crippen molar-refractivity contribution in [3.63, 3.8) is 0 Å². The quantitative estimate of drug-likeness (QED) is 0.864. The molecule has 0 aromatic heterocycles. The number of hydrogen-bond donors (Lipinski definition) is 1. The highest BCUT2D eigenvalue weighted by Gasteiger charge is 2.23. The van der Waals surface area contributed by atoms with Crippen LogP contribution in [-0.4, -0.2) is 36.5 Å². The van der Waals surface area contributed by atoms with Crippen molar-refractivity contribution in [3.05, 3.63) is 47.8 Å². The number of benzene rings is 2. The second-order valence-corrected chi connectivity index (χ2v) is 5.25. The maximum atomic E-state index is 13.8. The lowest BCUT2D eigenvalue weighted by Crippen LogP contribution is -2.51. The summed E-state index contributed by atoms with van der Waals surface area (Å²) in [5, 5.41) is 4.50. The Labute approximate surface area is 117 Å². The Morgan fingerprint density at radius 1 is 1.25 bits per heavy atom. The predicted octanol–water partition coefficient (Wildman–Crippen LogP) is 2.41. The van der Waals surface area contributed by atoms with Gasteiger partial charge in [0.05, 0.1) is 0 Å². The number of piperazine rings is 1. The molecule has 0 bridgehead atoms. The zero-order valence-electron chi connectivity index (χ0n) is 11.4. The van der Waals surface area contributed by atoms with Crippen LogP contribution >= 0.6 is 0 Å². The highest BCUT2D eigenvalue weighted by atomic mass is 19.1. The molecule has 2 aromatic rings. The zero-order valence-corrected chi connectivity index (χ0v) is 11.4. The molecule has 0 spiro atoms. The SMILES string of the molecule is C[C@@H]1CN(C(=O)c2ccc(F)c3ccccc23)CCN1. The summed E-state index contributed by atoms with van der Waals surface area (Å²) in [6.45, 7) is 4.23. The molecular weight excluding hydrogens is 255 g/mol. The van der Waals surface area contributed by atoms with Crippen molar-refractivity contribution in [1.82, 2.24) is 10.2 Å². The molecule has 3 nitrogen and oxygen atoms in total. The molecule has 104 valence electrons. The maximum Gasteiger partial charge on any atom is 0.254 e. The van der Waals surface area contributed by atoms with Crippen molar-refractivity contribution in [2.75, 3.05) is 19.6 Å². The summed E-state index contributed by atoms with van der Waals surface area (Å²) in [4.78, 5) is 14.5. The van der Waals surface area contributed by atoms with E-state index in [2.05, 4.69) is 12.2 Å². The van der Waals surface area contributed by atoms with Gasteiger partial charge in [-0.05, 0) is 24.4 Å². The first-order valence-electron chi connectivity index (χ1n) is 6.87. The van der Waals surface area contributed by atoms with E-state index in [9.17, 15) is 9.18 Å². The van der Waals surface area contributed by atoms with E-state index in [1.54, 1.807) is 24.3 Å². The summed E-state index contributed by atoms with van der Waals surface area (Å²) in [7, 11) is 0. The largest absolute Gasteiger partial charge is 0.336 e. The van der Waals surface area contributed by atoms with Gasteiger partial charge in [0.2, 0.25) is 0 Å². The molecule has 0 unspecified atom stereocenters. The minimum absolute atomic E-state index is 0.0189. The van der Waals surface area contributed by atoms with Crippen LogP contribution < -0.4 is 5.32 Å². The number of carbonyl (C=O) groups excluding carboxylic acids is 1. The minimum atomic E-state index is -0.286. The second kappa shape index (κ2) is 5.21. The molecule has 0 aliphatic carbocycles. The molecule has 1 atom stereocenters. The van der Waals surface area contributed by atoms with Gasteiger partial charge in [0, 0.05) is 36.6 Å². The van der Waals surface area contributed by atoms with Crippen LogP contribution in [0.3, 0.4) is 0 Å². The molecule has 3 rings (SSSR count). The molecule has 0 radical (unpaired) electrons. The Bertz CT molecular complexity index is 656. The normalized spacial score (nSPS) is 19.3. The molecule has 1 fully saturated rings. The molecule has 1 amide bonds. The highest BCUT2D eigenvalue weighted by Crippen LogP contribution is 2.23. The van der Waals surface area contributed by atoms with Gasteiger partial charge in [-0.1, -0.05) is 24.3 Å². The Balaban J connectivity index is 2.01. The van der Waals surface area contributed by atoms with Crippen LogP contribution in [0.15, 0.2) is 36.4 Å². The molecule has 1 aliphatic rings. The van der Waals surface area contributed by atoms with E-state index in [4.69, 9.17) is 0 Å². The molecule has 1 aliphatic heterocycles. The van der Waals surface area contributed by atoms with Crippen molar-refractivity contribution >= 4 is 16.7 Å². The summed E-state index contributed by atoms with van der Waals surface area (Å²) < 4.78 is 13.8. The molecule has 0 saturated carbocycles. The lowest BCUT2D eigenvalue weighted by atomic mass is 10.0. The zero-order chi connectivity index (χ0) is 14.1. The van der Waals surface area contributed by atoms with Crippen LogP contribution in [0.5, 0.6) is 0 Å². The Morgan fingerprint density at radius 3 is 2.75 bits per heavy atom. The smallest absolute Gasteiger partial charge is 0.254 e. The standard InChI is InChI=1S/C16H17FN2O/c1-11-10-19(9-8-18-11)16(20)14-6-7-15(17)13-5-3-2-4-12(13)14/h2-7,11,18H,8-10H2,1H3/t11-/m1/s1. The van der Waals surface area contributed by atoms with Gasteiger partial charge in [-0.3, -0.25) is 4.79 Å². The maximum absolute atomic E-state index is 13.8. The average molecular weight is 272 g/mol. The van der Waals surface area contributed by atoms with Gasteiger partial charge in [-0.25, -0.2) is 4.39 Å². The number of nitrogens with zero attached hydrogens (tertiary/aromatic N) is 1. The van der Waals surface area contributed by atoms with Crippen LogP contribution in [0.1, 0.15) is 17.3 Å². The van der Waals surface area contributed by atoms with Crippen LogP contribution in [0.2, 0.25) is 0 Å². The van der Waals surface area contributed by atoms with Gasteiger partial charge in [0.15, 0.2) is 0 Å². The minimum Gasteiger partial charge on any atom is -0.336 e. The third-order valence-corrected chi connectivity index (χ3v) is 3.76. The molecule has 4 heteroatoms. The fraction of sp³-hybridized carbons (Fsp3) is 0.312. The fourth-order valence-corrected chi connectivity index (χ4v) is 2.74. The van der Waals surface area contributed by atoms with E-state index >= 15 is 0 Å². The predicted molar refractivity (Wildman–Crippen MR) is 77.3 cm³/mol. The summed E-state index contributed by atoms with van der Waals surface area (Å²) in [6.07, 6.45) is 0. The summed E-state index contributed by atoms with van der Waals surface area (Å²) in [5.41, 5.74) is 0.580. The average Bonchev–Trinajstić information content (AvgIpc) is 2.47. The third-order valence-electron chi connectivity index (χ3n) is 3.76. The van der Waals surface area contributed by atoms with E-state index < -0.39 is 0 Å². The second-order valence-electron chi connectivity index (χ2n) is 5.25. The topological polar surface area (TPSA) is 32.3 Å². The molecule has 1 heterocycles. The van der Waals surface area contributed by atoms with Crippen molar-refractivity contribution in [1.29, 1.82) is 0 Å². The summed E-state index contributed by atoms with van der Waals surface area (Å²) in [5.74, 6) is -0.305. The van der Waals surface area contributed by atoms with E-state index in [1.807, 2.05) is 11.0 Å². The molecular formula is C16H17FN2O. The number of hydrogen-bond acceptors (Lipinski definition) is 2. The first kappa shape index (κ1) is 13.1. The van der Waals surface area contributed by atoms with E-state index in [-0.39, 0.29) is 11.7 Å². The highest BCUT2D eigenvalue weighted by molar-refractivity contribution is 6.07. The number of amides is 1. The Kier molecular flexibility index (Phi) is 3.40.